The molecule has 136 valence electrons. The number of pyridine rings is 1. The lowest BCUT2D eigenvalue weighted by Gasteiger charge is -2.33. The van der Waals surface area contributed by atoms with Gasteiger partial charge in [-0.15, -0.1) is 0 Å². The van der Waals surface area contributed by atoms with Crippen molar-refractivity contribution in [1.29, 1.82) is 0 Å². The van der Waals surface area contributed by atoms with Gasteiger partial charge in [-0.2, -0.15) is 0 Å². The lowest BCUT2D eigenvalue weighted by Crippen LogP contribution is -2.44. The van der Waals surface area contributed by atoms with E-state index in [4.69, 9.17) is 0 Å². The standard InChI is InChI=1S/C20H30N4O/c1-23-6-8-24(9-7-23)19-5-3-16(13-21-19)14-22-20(25)12-18-11-15-2-4-17(18)10-15/h3,5,13,15,17-18H,2,4,6-12,14H2,1H3,(H,22,25). The maximum atomic E-state index is 12.2. The summed E-state index contributed by atoms with van der Waals surface area (Å²) in [5.74, 6) is 3.62. The summed E-state index contributed by atoms with van der Waals surface area (Å²) < 4.78 is 0. The van der Waals surface area contributed by atoms with E-state index in [2.05, 4.69) is 39.3 Å². The van der Waals surface area contributed by atoms with E-state index in [0.717, 1.165) is 49.4 Å². The largest absolute Gasteiger partial charge is 0.354 e. The molecule has 2 bridgehead atoms. The smallest absolute Gasteiger partial charge is 0.220 e. The van der Waals surface area contributed by atoms with Crippen LogP contribution < -0.4 is 10.2 Å². The molecular weight excluding hydrogens is 312 g/mol. The summed E-state index contributed by atoms with van der Waals surface area (Å²) in [7, 11) is 2.16. The number of nitrogens with zero attached hydrogens (tertiary/aromatic N) is 3. The van der Waals surface area contributed by atoms with Crippen LogP contribution in [0, 0.1) is 17.8 Å². The van der Waals surface area contributed by atoms with Gasteiger partial charge in [-0.25, -0.2) is 4.98 Å². The van der Waals surface area contributed by atoms with Crippen molar-refractivity contribution < 1.29 is 4.79 Å². The Kier molecular flexibility index (Phi) is 4.93. The predicted octanol–water partition coefficient (Wildman–Crippen LogP) is 2.28. The number of fused-ring (bicyclic) bond motifs is 2. The number of anilines is 1. The Morgan fingerprint density at radius 2 is 2.04 bits per heavy atom. The molecule has 5 nitrogen and oxygen atoms in total. The van der Waals surface area contributed by atoms with Crippen molar-refractivity contribution in [3.8, 4) is 0 Å². The molecule has 1 aliphatic heterocycles. The molecule has 2 aliphatic carbocycles. The van der Waals surface area contributed by atoms with Crippen molar-refractivity contribution in [3.63, 3.8) is 0 Å². The monoisotopic (exact) mass is 342 g/mol. The highest BCUT2D eigenvalue weighted by Crippen LogP contribution is 2.49. The molecule has 1 aromatic heterocycles. The summed E-state index contributed by atoms with van der Waals surface area (Å²) in [4.78, 5) is 21.5. The molecule has 0 aromatic carbocycles. The topological polar surface area (TPSA) is 48.5 Å². The molecule has 3 atom stereocenters. The number of hydrogen-bond acceptors (Lipinski definition) is 4. The number of carbonyl (C=O) groups is 1. The molecule has 4 rings (SSSR count). The van der Waals surface area contributed by atoms with Gasteiger partial charge < -0.3 is 15.1 Å². The average Bonchev–Trinajstić information content (AvgIpc) is 3.24. The maximum Gasteiger partial charge on any atom is 0.220 e. The van der Waals surface area contributed by atoms with Crippen LogP contribution in [0.25, 0.3) is 0 Å². The number of nitrogens with one attached hydrogen (secondary N) is 1. The summed E-state index contributed by atoms with van der Waals surface area (Å²) >= 11 is 0. The number of hydrogen-bond donors (Lipinski definition) is 1. The lowest BCUT2D eigenvalue weighted by atomic mass is 9.86. The van der Waals surface area contributed by atoms with Crippen molar-refractivity contribution in [2.24, 2.45) is 17.8 Å². The van der Waals surface area contributed by atoms with Crippen molar-refractivity contribution in [2.45, 2.75) is 38.6 Å². The van der Waals surface area contributed by atoms with Gasteiger partial charge in [-0.1, -0.05) is 12.5 Å². The van der Waals surface area contributed by atoms with Gasteiger partial charge in [0.25, 0.3) is 0 Å². The third kappa shape index (κ3) is 3.97. The molecular formula is C20H30N4O. The minimum atomic E-state index is 0.209. The van der Waals surface area contributed by atoms with Crippen molar-refractivity contribution in [1.82, 2.24) is 15.2 Å². The van der Waals surface area contributed by atoms with E-state index in [9.17, 15) is 4.79 Å². The fraction of sp³-hybridized carbons (Fsp3) is 0.700. The van der Waals surface area contributed by atoms with E-state index < -0.39 is 0 Å². The van der Waals surface area contributed by atoms with Gasteiger partial charge in [0.1, 0.15) is 5.82 Å². The Hall–Kier alpha value is -1.62. The summed E-state index contributed by atoms with van der Waals surface area (Å²) in [6.07, 6.45) is 8.02. The first-order chi connectivity index (χ1) is 12.2. The van der Waals surface area contributed by atoms with Gasteiger partial charge in [0.15, 0.2) is 0 Å². The maximum absolute atomic E-state index is 12.2. The molecule has 5 heteroatoms. The molecule has 3 fully saturated rings. The second kappa shape index (κ2) is 7.32. The van der Waals surface area contributed by atoms with Gasteiger partial charge in [0.2, 0.25) is 5.91 Å². The first-order valence-corrected chi connectivity index (χ1v) is 9.82. The molecule has 1 amide bonds. The van der Waals surface area contributed by atoms with Crippen LogP contribution in [0.5, 0.6) is 0 Å². The van der Waals surface area contributed by atoms with Crippen LogP contribution in [-0.2, 0) is 11.3 Å². The van der Waals surface area contributed by atoms with Crippen LogP contribution in [0.4, 0.5) is 5.82 Å². The van der Waals surface area contributed by atoms with Gasteiger partial charge in [0.05, 0.1) is 0 Å². The van der Waals surface area contributed by atoms with Gasteiger partial charge >= 0.3 is 0 Å². The Labute approximate surface area is 150 Å². The molecule has 1 saturated heterocycles. The van der Waals surface area contributed by atoms with E-state index in [1.807, 2.05) is 6.20 Å². The van der Waals surface area contributed by atoms with Crippen LogP contribution in [0.1, 0.15) is 37.7 Å². The molecule has 1 aromatic rings. The minimum absolute atomic E-state index is 0.209. The highest BCUT2D eigenvalue weighted by molar-refractivity contribution is 5.76. The molecule has 1 N–H and O–H groups in total. The van der Waals surface area contributed by atoms with Crippen LogP contribution in [0.3, 0.4) is 0 Å². The summed E-state index contributed by atoms with van der Waals surface area (Å²) in [6.45, 7) is 4.83. The van der Waals surface area contributed by atoms with Crippen LogP contribution >= 0.6 is 0 Å². The van der Waals surface area contributed by atoms with Gasteiger partial charge in [-0.3, -0.25) is 4.79 Å². The van der Waals surface area contributed by atoms with E-state index in [-0.39, 0.29) is 5.91 Å². The molecule has 3 unspecified atom stereocenters. The number of likely N-dealkylation sites (N-methyl/N-ethyl adjacent to an activating group) is 1. The molecule has 0 radical (unpaired) electrons. The fourth-order valence-electron chi connectivity index (χ4n) is 4.88. The zero-order valence-corrected chi connectivity index (χ0v) is 15.3. The predicted molar refractivity (Wildman–Crippen MR) is 99.3 cm³/mol. The van der Waals surface area contributed by atoms with Gasteiger partial charge in [-0.05, 0) is 55.7 Å². The highest BCUT2D eigenvalue weighted by Gasteiger charge is 2.39. The molecule has 25 heavy (non-hydrogen) atoms. The average molecular weight is 342 g/mol. The zero-order chi connectivity index (χ0) is 17.2. The highest BCUT2D eigenvalue weighted by atomic mass is 16.1. The second-order valence-electron chi connectivity index (χ2n) is 8.23. The molecule has 0 spiro atoms. The lowest BCUT2D eigenvalue weighted by molar-refractivity contribution is -0.122. The summed E-state index contributed by atoms with van der Waals surface area (Å²) in [5.41, 5.74) is 1.08. The molecule has 2 heterocycles. The van der Waals surface area contributed by atoms with Gasteiger partial charge in [0, 0.05) is 45.3 Å². The van der Waals surface area contributed by atoms with E-state index in [0.29, 0.717) is 18.9 Å². The minimum Gasteiger partial charge on any atom is -0.354 e. The van der Waals surface area contributed by atoms with Crippen molar-refractivity contribution >= 4 is 11.7 Å². The third-order valence-corrected chi connectivity index (χ3v) is 6.46. The van der Waals surface area contributed by atoms with E-state index >= 15 is 0 Å². The first kappa shape index (κ1) is 16.8. The SMILES string of the molecule is CN1CCN(c2ccc(CNC(=O)CC3CC4CCC3C4)cn2)CC1. The Balaban J connectivity index is 1.23. The van der Waals surface area contributed by atoms with Crippen molar-refractivity contribution in [3.05, 3.63) is 23.9 Å². The van der Waals surface area contributed by atoms with Crippen LogP contribution in [-0.4, -0.2) is 49.0 Å². The summed E-state index contributed by atoms with van der Waals surface area (Å²) in [6, 6.07) is 4.18. The number of rotatable bonds is 5. The van der Waals surface area contributed by atoms with Crippen LogP contribution in [0.2, 0.25) is 0 Å². The first-order valence-electron chi connectivity index (χ1n) is 9.82. The normalized spacial score (nSPS) is 29.2. The quantitative estimate of drug-likeness (QED) is 0.892. The van der Waals surface area contributed by atoms with Crippen molar-refractivity contribution in [2.75, 3.05) is 38.1 Å². The summed E-state index contributed by atoms with van der Waals surface area (Å²) in [5, 5.41) is 3.09. The van der Waals surface area contributed by atoms with E-state index in [1.165, 1.54) is 25.7 Å². The number of carbonyl (C=O) groups excluding carboxylic acids is 1. The Morgan fingerprint density at radius 3 is 2.68 bits per heavy atom. The Morgan fingerprint density at radius 1 is 1.20 bits per heavy atom. The van der Waals surface area contributed by atoms with Crippen LogP contribution in [0.15, 0.2) is 18.3 Å². The molecule has 3 aliphatic rings. The second-order valence-corrected chi connectivity index (χ2v) is 8.23. The Bertz CT molecular complexity index is 594. The fourth-order valence-corrected chi connectivity index (χ4v) is 4.88. The van der Waals surface area contributed by atoms with E-state index in [1.54, 1.807) is 0 Å². The zero-order valence-electron chi connectivity index (χ0n) is 15.3. The number of amides is 1. The number of piperazine rings is 1. The third-order valence-electron chi connectivity index (χ3n) is 6.46. The molecule has 2 saturated carbocycles. The number of aromatic nitrogens is 1.